The summed E-state index contributed by atoms with van der Waals surface area (Å²) in [5.41, 5.74) is 5.57. The van der Waals surface area contributed by atoms with Gasteiger partial charge in [-0.15, -0.1) is 0 Å². The van der Waals surface area contributed by atoms with E-state index in [4.69, 9.17) is 4.74 Å². The number of hydrogen-bond acceptors (Lipinski definition) is 2. The van der Waals surface area contributed by atoms with Crippen LogP contribution in [-0.4, -0.2) is 12.6 Å². The molecule has 42 heavy (non-hydrogen) atoms. The second kappa shape index (κ2) is 29.6. The first-order valence-electron chi connectivity index (χ1n) is 16.4. The summed E-state index contributed by atoms with van der Waals surface area (Å²) >= 11 is 0. The van der Waals surface area contributed by atoms with Crippen LogP contribution in [0.4, 0.5) is 0 Å². The molecule has 0 radical (unpaired) electrons. The van der Waals surface area contributed by atoms with Gasteiger partial charge >= 0.3 is 5.97 Å². The minimum atomic E-state index is -0.321. The molecule has 0 aliphatic heterocycles. The molecule has 0 aliphatic carbocycles. The summed E-state index contributed by atoms with van der Waals surface area (Å²) in [6.07, 6.45) is 45.5. The van der Waals surface area contributed by atoms with E-state index >= 15 is 0 Å². The maximum Gasteiger partial charge on any atom is 0.331 e. The summed E-state index contributed by atoms with van der Waals surface area (Å²) in [6, 6.07) is 0. The topological polar surface area (TPSA) is 26.3 Å². The lowest BCUT2D eigenvalue weighted by atomic mass is 10.0. The molecule has 0 aromatic rings. The molecule has 0 heterocycles. The lowest BCUT2D eigenvalue weighted by molar-refractivity contribution is -0.136. The largest absolute Gasteiger partial charge is 0.458 e. The Bertz CT molecular complexity index is 956. The van der Waals surface area contributed by atoms with Crippen LogP contribution in [-0.2, 0) is 9.53 Å². The lowest BCUT2D eigenvalue weighted by Gasteiger charge is -2.03. The van der Waals surface area contributed by atoms with Gasteiger partial charge in [0.25, 0.3) is 0 Å². The van der Waals surface area contributed by atoms with Gasteiger partial charge in [-0.3, -0.25) is 0 Å². The fourth-order valence-electron chi connectivity index (χ4n) is 4.21. The van der Waals surface area contributed by atoms with Gasteiger partial charge in [-0.05, 0) is 92.1 Å². The van der Waals surface area contributed by atoms with E-state index in [0.717, 1.165) is 44.9 Å². The van der Waals surface area contributed by atoms with Gasteiger partial charge in [0.1, 0.15) is 6.61 Å². The van der Waals surface area contributed by atoms with Crippen LogP contribution in [0.25, 0.3) is 0 Å². The van der Waals surface area contributed by atoms with Crippen molar-refractivity contribution in [2.45, 2.75) is 131 Å². The molecule has 0 spiro atoms. The number of rotatable bonds is 24. The molecular formula is C40H62O2. The molecule has 0 saturated carbocycles. The third-order valence-electron chi connectivity index (χ3n) is 6.93. The third-order valence-corrected chi connectivity index (χ3v) is 6.93. The number of allylic oxidation sites excluding steroid dienone is 16. The lowest BCUT2D eigenvalue weighted by Crippen LogP contribution is -2.00. The SMILES string of the molecule is CCCCCCCCCC=CC=CC=CC=CC=CC(=O)OCC=C(C)CCC=C(C)CCC=C(C)CCC=C(C)C. The number of carbonyl (C=O) groups excluding carboxylic acids is 1. The Morgan fingerprint density at radius 2 is 1.00 bits per heavy atom. The van der Waals surface area contributed by atoms with Gasteiger partial charge in [0.15, 0.2) is 0 Å². The highest BCUT2D eigenvalue weighted by atomic mass is 16.5. The molecule has 0 atom stereocenters. The molecule has 0 saturated heterocycles. The molecular weight excluding hydrogens is 512 g/mol. The molecule has 234 valence electrons. The van der Waals surface area contributed by atoms with E-state index in [0.29, 0.717) is 6.61 Å². The van der Waals surface area contributed by atoms with Crippen molar-refractivity contribution in [3.05, 3.63) is 107 Å². The highest BCUT2D eigenvalue weighted by Gasteiger charge is 1.96. The van der Waals surface area contributed by atoms with Crippen LogP contribution in [0, 0.1) is 0 Å². The molecule has 2 heteroatoms. The summed E-state index contributed by atoms with van der Waals surface area (Å²) in [5, 5.41) is 0. The summed E-state index contributed by atoms with van der Waals surface area (Å²) in [4.78, 5) is 11.9. The predicted molar refractivity (Wildman–Crippen MR) is 188 cm³/mol. The number of carbonyl (C=O) groups is 1. The van der Waals surface area contributed by atoms with Crippen LogP contribution in [0.3, 0.4) is 0 Å². The monoisotopic (exact) mass is 574 g/mol. The summed E-state index contributed by atoms with van der Waals surface area (Å²) < 4.78 is 5.29. The van der Waals surface area contributed by atoms with E-state index in [-0.39, 0.29) is 5.97 Å². The van der Waals surface area contributed by atoms with E-state index in [2.05, 4.69) is 78.0 Å². The Hall–Kier alpha value is -2.87. The third kappa shape index (κ3) is 30.1. The van der Waals surface area contributed by atoms with Gasteiger partial charge in [0, 0.05) is 6.08 Å². The van der Waals surface area contributed by atoms with Crippen molar-refractivity contribution in [1.29, 1.82) is 0 Å². The van der Waals surface area contributed by atoms with Crippen LogP contribution >= 0.6 is 0 Å². The van der Waals surface area contributed by atoms with Crippen LogP contribution in [0.5, 0.6) is 0 Å². The van der Waals surface area contributed by atoms with Crippen molar-refractivity contribution < 1.29 is 9.53 Å². The molecule has 0 aromatic heterocycles. The van der Waals surface area contributed by atoms with Gasteiger partial charge in [0.2, 0.25) is 0 Å². The molecule has 0 aromatic carbocycles. The van der Waals surface area contributed by atoms with Gasteiger partial charge in [-0.2, -0.15) is 0 Å². The zero-order valence-electron chi connectivity index (χ0n) is 28.0. The van der Waals surface area contributed by atoms with Gasteiger partial charge in [-0.25, -0.2) is 4.79 Å². The van der Waals surface area contributed by atoms with Gasteiger partial charge < -0.3 is 4.74 Å². The number of unbranched alkanes of at least 4 members (excludes halogenated alkanes) is 7. The van der Waals surface area contributed by atoms with E-state index in [1.54, 1.807) is 6.08 Å². The minimum absolute atomic E-state index is 0.315. The van der Waals surface area contributed by atoms with Crippen LogP contribution in [0.1, 0.15) is 131 Å². The highest BCUT2D eigenvalue weighted by molar-refractivity contribution is 5.82. The molecule has 0 N–H and O–H groups in total. The molecule has 0 bridgehead atoms. The Kier molecular flexibility index (Phi) is 27.6. The maximum atomic E-state index is 11.9. The zero-order valence-corrected chi connectivity index (χ0v) is 28.0. The molecule has 0 aliphatic rings. The van der Waals surface area contributed by atoms with E-state index in [9.17, 15) is 4.79 Å². The average Bonchev–Trinajstić information content (AvgIpc) is 2.94. The first kappa shape index (κ1) is 39.1. The predicted octanol–water partition coefficient (Wildman–Crippen LogP) is 12.6. The van der Waals surface area contributed by atoms with Crippen molar-refractivity contribution in [1.82, 2.24) is 0 Å². The summed E-state index contributed by atoms with van der Waals surface area (Å²) in [5.74, 6) is -0.321. The van der Waals surface area contributed by atoms with Crippen LogP contribution < -0.4 is 0 Å². The van der Waals surface area contributed by atoms with E-state index < -0.39 is 0 Å². The number of hydrogen-bond donors (Lipinski definition) is 0. The first-order chi connectivity index (χ1) is 20.3. The van der Waals surface area contributed by atoms with Gasteiger partial charge in [0.05, 0.1) is 0 Å². The standard InChI is InChI=1S/C40H62O2/c1-7-8-9-10-11-12-13-14-15-16-17-18-19-20-21-22-23-33-40(41)42-35-34-39(6)32-26-31-38(5)30-25-29-37(4)28-24-27-36(2)3/h15-23,27,29,31,33-34H,7-14,24-26,28,30,32,35H2,1-6H3. The van der Waals surface area contributed by atoms with Crippen molar-refractivity contribution in [3.63, 3.8) is 0 Å². The highest BCUT2D eigenvalue weighted by Crippen LogP contribution is 2.13. The quantitative estimate of drug-likeness (QED) is 0.0377. The Morgan fingerprint density at radius 1 is 0.524 bits per heavy atom. The second-order valence-electron chi connectivity index (χ2n) is 11.5. The zero-order chi connectivity index (χ0) is 31.1. The Balaban J connectivity index is 4.00. The fourth-order valence-corrected chi connectivity index (χ4v) is 4.21. The molecule has 0 unspecified atom stereocenters. The minimum Gasteiger partial charge on any atom is -0.458 e. The Morgan fingerprint density at radius 3 is 1.57 bits per heavy atom. The normalized spacial score (nSPS) is 13.5. The number of esters is 1. The number of ether oxygens (including phenoxy) is 1. The van der Waals surface area contributed by atoms with Gasteiger partial charge in [-0.1, -0.05) is 141 Å². The molecule has 0 rings (SSSR count). The Labute approximate surface area is 260 Å². The van der Waals surface area contributed by atoms with Crippen LogP contribution in [0.15, 0.2) is 107 Å². The summed E-state index contributed by atoms with van der Waals surface area (Å²) in [7, 11) is 0. The fraction of sp³-hybridized carbons (Fsp3) is 0.525. The molecule has 0 amide bonds. The van der Waals surface area contributed by atoms with E-state index in [1.807, 2.05) is 36.5 Å². The molecule has 0 fully saturated rings. The van der Waals surface area contributed by atoms with Crippen molar-refractivity contribution in [3.8, 4) is 0 Å². The van der Waals surface area contributed by atoms with Crippen molar-refractivity contribution in [2.75, 3.05) is 6.61 Å². The van der Waals surface area contributed by atoms with Crippen LogP contribution in [0.2, 0.25) is 0 Å². The van der Waals surface area contributed by atoms with Crippen molar-refractivity contribution in [2.24, 2.45) is 0 Å². The molecule has 2 nitrogen and oxygen atoms in total. The average molecular weight is 575 g/mol. The summed E-state index contributed by atoms with van der Waals surface area (Å²) in [6.45, 7) is 13.4. The maximum absolute atomic E-state index is 11.9. The van der Waals surface area contributed by atoms with Crippen molar-refractivity contribution >= 4 is 5.97 Å². The van der Waals surface area contributed by atoms with E-state index in [1.165, 1.54) is 73.3 Å². The second-order valence-corrected chi connectivity index (χ2v) is 11.5. The smallest absolute Gasteiger partial charge is 0.331 e. The first-order valence-corrected chi connectivity index (χ1v) is 16.4.